The molecule has 2 aromatic carbocycles. The molecule has 1 N–H and O–H groups in total. The monoisotopic (exact) mass is 390 g/mol. The molecule has 3 nitrogen and oxygen atoms in total. The molecule has 3 rings (SSSR count). The lowest BCUT2D eigenvalue weighted by Crippen LogP contribution is -2.11. The van der Waals surface area contributed by atoms with Crippen molar-refractivity contribution in [2.45, 2.75) is 31.6 Å². The molecule has 25 heavy (non-hydrogen) atoms. The first-order chi connectivity index (χ1) is 12.0. The normalized spacial score (nSPS) is 11.0. The average Bonchev–Trinajstić information content (AvgIpc) is 2.96. The van der Waals surface area contributed by atoms with Gasteiger partial charge in [0.2, 0.25) is 5.91 Å². The second kappa shape index (κ2) is 8.21. The van der Waals surface area contributed by atoms with Gasteiger partial charge in [-0.05, 0) is 55.9 Å². The maximum atomic E-state index is 12.1. The molecular formula is C19H19ClN2OS2. The Morgan fingerprint density at radius 2 is 2.00 bits per heavy atom. The van der Waals surface area contributed by atoms with Gasteiger partial charge in [0.25, 0.3) is 0 Å². The summed E-state index contributed by atoms with van der Waals surface area (Å²) in [7, 11) is 0. The predicted molar refractivity (Wildman–Crippen MR) is 109 cm³/mol. The second-order valence-corrected chi connectivity index (χ2v) is 8.54. The summed E-state index contributed by atoms with van der Waals surface area (Å²) in [5.41, 5.74) is 3.18. The van der Waals surface area contributed by atoms with E-state index in [0.717, 1.165) is 28.0 Å². The number of anilines is 1. The lowest BCUT2D eigenvalue weighted by atomic mass is 10.2. The predicted octanol–water partition coefficient (Wildman–Crippen LogP) is 6.08. The number of nitrogens with zero attached hydrogens (tertiary/aromatic N) is 1. The molecule has 1 aromatic heterocycles. The third-order valence-corrected chi connectivity index (χ3v) is 5.97. The van der Waals surface area contributed by atoms with Crippen molar-refractivity contribution in [3.05, 3.63) is 52.5 Å². The van der Waals surface area contributed by atoms with Crippen molar-refractivity contribution in [3.63, 3.8) is 0 Å². The number of halogens is 1. The van der Waals surface area contributed by atoms with Gasteiger partial charge in [0.15, 0.2) is 5.13 Å². The van der Waals surface area contributed by atoms with Gasteiger partial charge in [0.1, 0.15) is 0 Å². The molecule has 0 atom stereocenters. The number of thiazole rings is 1. The van der Waals surface area contributed by atoms with Crippen LogP contribution in [0.25, 0.3) is 10.2 Å². The lowest BCUT2D eigenvalue weighted by molar-refractivity contribution is -0.116. The molecule has 0 aliphatic rings. The minimum atomic E-state index is 0.00677. The average molecular weight is 391 g/mol. The first-order valence-corrected chi connectivity index (χ1v) is 10.3. The van der Waals surface area contributed by atoms with E-state index in [-0.39, 0.29) is 5.91 Å². The number of fused-ring (bicyclic) bond motifs is 1. The zero-order chi connectivity index (χ0) is 17.8. The van der Waals surface area contributed by atoms with Crippen molar-refractivity contribution in [1.29, 1.82) is 0 Å². The van der Waals surface area contributed by atoms with Crippen LogP contribution >= 0.6 is 34.7 Å². The van der Waals surface area contributed by atoms with Crippen LogP contribution in [0.15, 0.2) is 41.3 Å². The summed E-state index contributed by atoms with van der Waals surface area (Å²) in [5, 5.41) is 4.23. The molecule has 3 aromatic rings. The van der Waals surface area contributed by atoms with Gasteiger partial charge in [-0.15, -0.1) is 11.8 Å². The van der Waals surface area contributed by atoms with Gasteiger partial charge in [0, 0.05) is 16.3 Å². The van der Waals surface area contributed by atoms with Crippen LogP contribution in [0.5, 0.6) is 0 Å². The first kappa shape index (κ1) is 18.2. The van der Waals surface area contributed by atoms with Crippen LogP contribution in [0, 0.1) is 13.8 Å². The van der Waals surface area contributed by atoms with Crippen LogP contribution in [-0.2, 0) is 4.79 Å². The van der Waals surface area contributed by atoms with E-state index in [9.17, 15) is 4.79 Å². The third-order valence-electron chi connectivity index (χ3n) is 3.73. The number of hydrogen-bond donors (Lipinski definition) is 1. The Morgan fingerprint density at radius 3 is 2.76 bits per heavy atom. The van der Waals surface area contributed by atoms with Crippen LogP contribution in [0.2, 0.25) is 5.02 Å². The highest BCUT2D eigenvalue weighted by Crippen LogP contribution is 2.31. The molecule has 0 fully saturated rings. The van der Waals surface area contributed by atoms with Crippen LogP contribution < -0.4 is 5.32 Å². The number of nitrogens with one attached hydrogen (secondary N) is 1. The fraction of sp³-hybridized carbons (Fsp3) is 0.263. The zero-order valence-electron chi connectivity index (χ0n) is 14.1. The van der Waals surface area contributed by atoms with Gasteiger partial charge in [0.05, 0.1) is 10.2 Å². The first-order valence-electron chi connectivity index (χ1n) is 8.07. The van der Waals surface area contributed by atoms with E-state index >= 15 is 0 Å². The summed E-state index contributed by atoms with van der Waals surface area (Å²) in [6.07, 6.45) is 1.33. The van der Waals surface area contributed by atoms with Gasteiger partial charge in [-0.2, -0.15) is 0 Å². The molecule has 0 aliphatic carbocycles. The van der Waals surface area contributed by atoms with Crippen molar-refractivity contribution in [1.82, 2.24) is 4.98 Å². The Bertz CT molecular complexity index is 890. The maximum absolute atomic E-state index is 12.1. The summed E-state index contributed by atoms with van der Waals surface area (Å²) in [6.45, 7) is 4.05. The second-order valence-electron chi connectivity index (χ2n) is 5.90. The Hall–Kier alpha value is -1.56. The summed E-state index contributed by atoms with van der Waals surface area (Å²) in [6, 6.07) is 12.2. The number of thioether (sulfide) groups is 1. The number of aromatic nitrogens is 1. The van der Waals surface area contributed by atoms with Gasteiger partial charge >= 0.3 is 0 Å². The van der Waals surface area contributed by atoms with Gasteiger partial charge in [-0.25, -0.2) is 4.98 Å². The summed E-state index contributed by atoms with van der Waals surface area (Å²) in [4.78, 5) is 17.9. The Kier molecular flexibility index (Phi) is 5.99. The molecule has 130 valence electrons. The molecule has 6 heteroatoms. The minimum absolute atomic E-state index is 0.00677. The smallest absolute Gasteiger partial charge is 0.226 e. The molecule has 0 radical (unpaired) electrons. The van der Waals surface area contributed by atoms with Crippen molar-refractivity contribution in [2.24, 2.45) is 0 Å². The van der Waals surface area contributed by atoms with E-state index in [1.165, 1.54) is 21.8 Å². The van der Waals surface area contributed by atoms with Crippen molar-refractivity contribution < 1.29 is 4.79 Å². The number of rotatable bonds is 6. The molecule has 1 heterocycles. The van der Waals surface area contributed by atoms with Gasteiger partial charge < -0.3 is 5.32 Å². The summed E-state index contributed by atoms with van der Waals surface area (Å²) < 4.78 is 0.996. The number of hydrogen-bond acceptors (Lipinski definition) is 4. The number of carbonyl (C=O) groups is 1. The van der Waals surface area contributed by atoms with Crippen LogP contribution in [0.1, 0.15) is 24.0 Å². The maximum Gasteiger partial charge on any atom is 0.226 e. The fourth-order valence-electron chi connectivity index (χ4n) is 2.45. The number of carbonyl (C=O) groups excluding carboxylic acids is 1. The van der Waals surface area contributed by atoms with Gasteiger partial charge in [-0.3, -0.25) is 4.79 Å². The highest BCUT2D eigenvalue weighted by atomic mass is 35.5. The summed E-state index contributed by atoms with van der Waals surface area (Å²) in [5.74, 6) is 0.928. The molecule has 0 aliphatic heterocycles. The molecule has 0 unspecified atom stereocenters. The number of amides is 1. The molecular weight excluding hydrogens is 372 g/mol. The largest absolute Gasteiger partial charge is 0.302 e. The topological polar surface area (TPSA) is 42.0 Å². The van der Waals surface area contributed by atoms with Crippen molar-refractivity contribution >= 4 is 56.0 Å². The van der Waals surface area contributed by atoms with E-state index in [0.29, 0.717) is 16.6 Å². The van der Waals surface area contributed by atoms with E-state index in [1.54, 1.807) is 11.8 Å². The Morgan fingerprint density at radius 1 is 1.24 bits per heavy atom. The van der Waals surface area contributed by atoms with Gasteiger partial charge in [-0.1, -0.05) is 40.6 Å². The Balaban J connectivity index is 1.49. The van der Waals surface area contributed by atoms with E-state index in [2.05, 4.69) is 41.5 Å². The van der Waals surface area contributed by atoms with Crippen LogP contribution in [0.3, 0.4) is 0 Å². The van der Waals surface area contributed by atoms with E-state index in [1.807, 2.05) is 19.1 Å². The molecule has 1 amide bonds. The van der Waals surface area contributed by atoms with E-state index in [4.69, 9.17) is 11.6 Å². The fourth-order valence-corrected chi connectivity index (χ4v) is 4.64. The van der Waals surface area contributed by atoms with Crippen molar-refractivity contribution in [3.8, 4) is 0 Å². The number of benzene rings is 2. The van der Waals surface area contributed by atoms with Crippen molar-refractivity contribution in [2.75, 3.05) is 11.1 Å². The molecule has 0 bridgehead atoms. The molecule has 0 saturated heterocycles. The SMILES string of the molecule is Cc1ccc(SCCCC(=O)Nc2nc3c(C)cc(Cl)cc3s2)cc1. The third kappa shape index (κ3) is 4.97. The highest BCUT2D eigenvalue weighted by Gasteiger charge is 2.10. The van der Waals surface area contributed by atoms with Crippen LogP contribution in [-0.4, -0.2) is 16.6 Å². The van der Waals surface area contributed by atoms with E-state index < -0.39 is 0 Å². The van der Waals surface area contributed by atoms with Crippen LogP contribution in [0.4, 0.5) is 5.13 Å². The molecule has 0 saturated carbocycles. The quantitative estimate of drug-likeness (QED) is 0.409. The highest BCUT2D eigenvalue weighted by molar-refractivity contribution is 7.99. The summed E-state index contributed by atoms with van der Waals surface area (Å²) >= 11 is 9.31. The Labute approximate surface area is 160 Å². The lowest BCUT2D eigenvalue weighted by Gasteiger charge is -2.03. The zero-order valence-corrected chi connectivity index (χ0v) is 16.5. The standard InChI is InChI=1S/C19H19ClN2OS2/c1-12-5-7-15(8-6-12)24-9-3-4-17(23)21-19-22-18-13(2)10-14(20)11-16(18)25-19/h5-8,10-11H,3-4,9H2,1-2H3,(H,21,22,23). The molecule has 0 spiro atoms. The minimum Gasteiger partial charge on any atom is -0.302 e. The number of aryl methyl sites for hydroxylation is 2.